The SMILES string of the molecule is CC(C)c1cnnc(I)c1. The van der Waals surface area contributed by atoms with E-state index >= 15 is 0 Å². The van der Waals surface area contributed by atoms with Crippen LogP contribution in [0.25, 0.3) is 0 Å². The number of hydrogen-bond acceptors (Lipinski definition) is 2. The maximum Gasteiger partial charge on any atom is 0.124 e. The smallest absolute Gasteiger partial charge is 0.124 e. The molecule has 0 fully saturated rings. The second kappa shape index (κ2) is 3.27. The molecular formula is C7H9IN2. The summed E-state index contributed by atoms with van der Waals surface area (Å²) < 4.78 is 0.962. The Morgan fingerprint density at radius 2 is 2.20 bits per heavy atom. The molecular weight excluding hydrogens is 239 g/mol. The van der Waals surface area contributed by atoms with E-state index in [4.69, 9.17) is 0 Å². The highest BCUT2D eigenvalue weighted by molar-refractivity contribution is 14.1. The van der Waals surface area contributed by atoms with E-state index in [9.17, 15) is 0 Å². The third-order valence-corrected chi connectivity index (χ3v) is 1.84. The van der Waals surface area contributed by atoms with Gasteiger partial charge in [-0.15, -0.1) is 5.10 Å². The average molecular weight is 248 g/mol. The molecule has 0 N–H and O–H groups in total. The maximum atomic E-state index is 3.86. The predicted octanol–water partition coefficient (Wildman–Crippen LogP) is 2.20. The van der Waals surface area contributed by atoms with Gasteiger partial charge in [0.25, 0.3) is 0 Å². The predicted molar refractivity (Wildman–Crippen MR) is 48.8 cm³/mol. The summed E-state index contributed by atoms with van der Waals surface area (Å²) in [5.74, 6) is 0.545. The highest BCUT2D eigenvalue weighted by Crippen LogP contribution is 2.13. The maximum absolute atomic E-state index is 3.86. The molecule has 0 amide bonds. The number of hydrogen-bond donors (Lipinski definition) is 0. The molecule has 0 aromatic carbocycles. The molecule has 10 heavy (non-hydrogen) atoms. The van der Waals surface area contributed by atoms with E-state index in [0.717, 1.165) is 3.70 Å². The van der Waals surface area contributed by atoms with Crippen LogP contribution in [-0.4, -0.2) is 10.2 Å². The summed E-state index contributed by atoms with van der Waals surface area (Å²) in [6.07, 6.45) is 1.81. The molecule has 1 aromatic heterocycles. The van der Waals surface area contributed by atoms with E-state index in [1.54, 1.807) is 0 Å². The van der Waals surface area contributed by atoms with Gasteiger partial charge >= 0.3 is 0 Å². The fourth-order valence-corrected chi connectivity index (χ4v) is 1.15. The zero-order valence-corrected chi connectivity index (χ0v) is 8.16. The molecule has 0 spiro atoms. The van der Waals surface area contributed by atoms with Gasteiger partial charge in [-0.05, 0) is 40.1 Å². The Morgan fingerprint density at radius 3 is 2.60 bits per heavy atom. The minimum Gasteiger partial charge on any atom is -0.158 e. The lowest BCUT2D eigenvalue weighted by Crippen LogP contribution is -1.92. The third-order valence-electron chi connectivity index (χ3n) is 1.31. The van der Waals surface area contributed by atoms with Crippen molar-refractivity contribution in [2.24, 2.45) is 0 Å². The first-order chi connectivity index (χ1) is 4.70. The summed E-state index contributed by atoms with van der Waals surface area (Å²) in [5, 5.41) is 7.71. The Morgan fingerprint density at radius 1 is 1.50 bits per heavy atom. The normalized spacial score (nSPS) is 10.4. The van der Waals surface area contributed by atoms with Gasteiger partial charge < -0.3 is 0 Å². The third kappa shape index (κ3) is 1.90. The van der Waals surface area contributed by atoms with Gasteiger partial charge in [0.15, 0.2) is 0 Å². The second-order valence-electron chi connectivity index (χ2n) is 2.47. The fraction of sp³-hybridized carbons (Fsp3) is 0.429. The minimum absolute atomic E-state index is 0.545. The van der Waals surface area contributed by atoms with Gasteiger partial charge in [-0.2, -0.15) is 5.10 Å². The molecule has 0 aliphatic heterocycles. The molecule has 0 saturated heterocycles. The van der Waals surface area contributed by atoms with Crippen LogP contribution in [0.4, 0.5) is 0 Å². The summed E-state index contributed by atoms with van der Waals surface area (Å²) in [6.45, 7) is 4.29. The number of rotatable bonds is 1. The number of aromatic nitrogens is 2. The monoisotopic (exact) mass is 248 g/mol. The highest BCUT2D eigenvalue weighted by atomic mass is 127. The van der Waals surface area contributed by atoms with E-state index in [-0.39, 0.29) is 0 Å². The Kier molecular flexibility index (Phi) is 2.59. The molecule has 54 valence electrons. The van der Waals surface area contributed by atoms with Crippen molar-refractivity contribution in [3.8, 4) is 0 Å². The quantitative estimate of drug-likeness (QED) is 0.712. The van der Waals surface area contributed by atoms with Crippen LogP contribution in [-0.2, 0) is 0 Å². The summed E-state index contributed by atoms with van der Waals surface area (Å²) >= 11 is 2.17. The molecule has 3 heteroatoms. The molecule has 0 atom stereocenters. The van der Waals surface area contributed by atoms with Gasteiger partial charge in [0.2, 0.25) is 0 Å². The summed E-state index contributed by atoms with van der Waals surface area (Å²) in [6, 6.07) is 2.05. The minimum atomic E-state index is 0.545. The van der Waals surface area contributed by atoms with Crippen LogP contribution in [0.3, 0.4) is 0 Å². The highest BCUT2D eigenvalue weighted by Gasteiger charge is 1.98. The van der Waals surface area contributed by atoms with Crippen LogP contribution in [0.1, 0.15) is 25.3 Å². The second-order valence-corrected chi connectivity index (χ2v) is 3.57. The summed E-state index contributed by atoms with van der Waals surface area (Å²) in [7, 11) is 0. The molecule has 2 nitrogen and oxygen atoms in total. The number of halogens is 1. The summed E-state index contributed by atoms with van der Waals surface area (Å²) in [5.41, 5.74) is 1.25. The summed E-state index contributed by atoms with van der Waals surface area (Å²) in [4.78, 5) is 0. The first-order valence-corrected chi connectivity index (χ1v) is 4.26. The van der Waals surface area contributed by atoms with Crippen LogP contribution in [0, 0.1) is 3.70 Å². The van der Waals surface area contributed by atoms with Gasteiger partial charge in [0.05, 0.1) is 6.20 Å². The molecule has 0 bridgehead atoms. The van der Waals surface area contributed by atoms with Gasteiger partial charge in [0.1, 0.15) is 3.70 Å². The van der Waals surface area contributed by atoms with E-state index < -0.39 is 0 Å². The van der Waals surface area contributed by atoms with E-state index in [1.807, 2.05) is 6.20 Å². The molecule has 0 unspecified atom stereocenters. The van der Waals surface area contributed by atoms with Gasteiger partial charge in [-0.25, -0.2) is 0 Å². The van der Waals surface area contributed by atoms with Gasteiger partial charge in [-0.1, -0.05) is 13.8 Å². The zero-order valence-electron chi connectivity index (χ0n) is 6.00. The van der Waals surface area contributed by atoms with E-state index in [1.165, 1.54) is 5.56 Å². The van der Waals surface area contributed by atoms with Crippen LogP contribution < -0.4 is 0 Å². The first-order valence-electron chi connectivity index (χ1n) is 3.18. The Balaban J connectivity index is 2.96. The lowest BCUT2D eigenvalue weighted by atomic mass is 10.1. The van der Waals surface area contributed by atoms with Crippen molar-refractivity contribution in [1.82, 2.24) is 10.2 Å². The molecule has 0 saturated carbocycles. The standard InChI is InChI=1S/C7H9IN2/c1-5(2)6-3-7(8)10-9-4-6/h3-5H,1-2H3. The van der Waals surface area contributed by atoms with Crippen molar-refractivity contribution in [3.05, 3.63) is 21.5 Å². The van der Waals surface area contributed by atoms with Crippen molar-refractivity contribution in [1.29, 1.82) is 0 Å². The zero-order chi connectivity index (χ0) is 7.56. The molecule has 0 radical (unpaired) electrons. The van der Waals surface area contributed by atoms with Crippen LogP contribution in [0.5, 0.6) is 0 Å². The molecule has 0 aliphatic carbocycles. The van der Waals surface area contributed by atoms with Crippen LogP contribution in [0.15, 0.2) is 12.3 Å². The van der Waals surface area contributed by atoms with Crippen molar-refractivity contribution < 1.29 is 0 Å². The molecule has 0 aliphatic rings. The van der Waals surface area contributed by atoms with Gasteiger partial charge in [0, 0.05) is 0 Å². The lowest BCUT2D eigenvalue weighted by molar-refractivity contribution is 0.835. The van der Waals surface area contributed by atoms with Crippen molar-refractivity contribution in [2.75, 3.05) is 0 Å². The Bertz CT molecular complexity index is 223. The molecule has 1 rings (SSSR count). The topological polar surface area (TPSA) is 25.8 Å². The van der Waals surface area contributed by atoms with Crippen molar-refractivity contribution >= 4 is 22.6 Å². The first kappa shape index (κ1) is 7.91. The molecule has 1 heterocycles. The van der Waals surface area contributed by atoms with Crippen LogP contribution >= 0.6 is 22.6 Å². The lowest BCUT2D eigenvalue weighted by Gasteiger charge is -2.01. The Hall–Kier alpha value is -0.190. The Labute approximate surface area is 74.2 Å². The van der Waals surface area contributed by atoms with Crippen molar-refractivity contribution in [2.45, 2.75) is 19.8 Å². The largest absolute Gasteiger partial charge is 0.158 e. The van der Waals surface area contributed by atoms with Crippen molar-refractivity contribution in [3.63, 3.8) is 0 Å². The fourth-order valence-electron chi connectivity index (χ4n) is 0.670. The number of nitrogens with zero attached hydrogens (tertiary/aromatic N) is 2. The van der Waals surface area contributed by atoms with E-state index in [0.29, 0.717) is 5.92 Å². The molecule has 1 aromatic rings. The van der Waals surface area contributed by atoms with Gasteiger partial charge in [-0.3, -0.25) is 0 Å². The van der Waals surface area contributed by atoms with Crippen LogP contribution in [0.2, 0.25) is 0 Å². The van der Waals surface area contributed by atoms with E-state index in [2.05, 4.69) is 52.7 Å². The average Bonchev–Trinajstić information content (AvgIpc) is 1.88.